The van der Waals surface area contributed by atoms with Crippen LogP contribution in [0.15, 0.2) is 23.4 Å². The van der Waals surface area contributed by atoms with Crippen molar-refractivity contribution in [1.82, 2.24) is 10.3 Å². The zero-order valence-electron chi connectivity index (χ0n) is 12.7. The van der Waals surface area contributed by atoms with Crippen molar-refractivity contribution in [2.24, 2.45) is 5.41 Å². The lowest BCUT2D eigenvalue weighted by Gasteiger charge is -2.44. The predicted molar refractivity (Wildman–Crippen MR) is 88.6 cm³/mol. The van der Waals surface area contributed by atoms with E-state index in [1.54, 1.807) is 6.20 Å². The van der Waals surface area contributed by atoms with Crippen LogP contribution in [0.1, 0.15) is 46.5 Å². The summed E-state index contributed by atoms with van der Waals surface area (Å²) in [5, 5.41) is 6.16. The van der Waals surface area contributed by atoms with Gasteiger partial charge in [0.05, 0.1) is 10.0 Å². The first-order valence-electron chi connectivity index (χ1n) is 7.54. The maximum atomic E-state index is 5.91. The molecule has 2 atom stereocenters. The van der Waals surface area contributed by atoms with Crippen LogP contribution in [0.2, 0.25) is 5.02 Å². The number of halogens is 1. The highest BCUT2D eigenvalue weighted by Crippen LogP contribution is 2.42. The molecule has 1 aliphatic carbocycles. The molecule has 1 aliphatic rings. The molecule has 1 heterocycles. The Morgan fingerprint density at radius 1 is 1.45 bits per heavy atom. The number of nitrogens with zero attached hydrogens (tertiary/aromatic N) is 1. The second kappa shape index (κ2) is 7.15. The van der Waals surface area contributed by atoms with Crippen molar-refractivity contribution in [2.75, 3.05) is 6.54 Å². The monoisotopic (exact) mass is 312 g/mol. The Morgan fingerprint density at radius 3 is 2.90 bits per heavy atom. The Hall–Kier alpha value is -0.250. The Balaban J connectivity index is 2.08. The molecule has 112 valence electrons. The third-order valence-electron chi connectivity index (χ3n) is 4.11. The van der Waals surface area contributed by atoms with Crippen LogP contribution >= 0.6 is 23.4 Å². The highest BCUT2D eigenvalue weighted by Gasteiger charge is 2.39. The lowest BCUT2D eigenvalue weighted by atomic mass is 9.73. The predicted octanol–water partition coefficient (Wildman–Crippen LogP) is 4.77. The third kappa shape index (κ3) is 4.12. The Bertz CT molecular complexity index is 419. The minimum atomic E-state index is 0.359. The van der Waals surface area contributed by atoms with Gasteiger partial charge in [0.2, 0.25) is 0 Å². The van der Waals surface area contributed by atoms with Gasteiger partial charge in [-0.3, -0.25) is 0 Å². The van der Waals surface area contributed by atoms with E-state index in [0.717, 1.165) is 11.6 Å². The van der Waals surface area contributed by atoms with Gasteiger partial charge in [0, 0.05) is 17.5 Å². The van der Waals surface area contributed by atoms with Crippen LogP contribution in [0.5, 0.6) is 0 Å². The van der Waals surface area contributed by atoms with E-state index in [1.165, 1.54) is 25.7 Å². The van der Waals surface area contributed by atoms with Crippen LogP contribution in [0.25, 0.3) is 0 Å². The van der Waals surface area contributed by atoms with Gasteiger partial charge in [0.1, 0.15) is 0 Å². The van der Waals surface area contributed by atoms with Crippen LogP contribution in [0, 0.1) is 5.41 Å². The molecule has 0 spiro atoms. The van der Waals surface area contributed by atoms with Gasteiger partial charge in [0.25, 0.3) is 0 Å². The topological polar surface area (TPSA) is 24.9 Å². The molecule has 1 fully saturated rings. The summed E-state index contributed by atoms with van der Waals surface area (Å²) >= 11 is 7.81. The number of nitrogens with one attached hydrogen (secondary N) is 1. The molecule has 2 unspecified atom stereocenters. The Kier molecular flexibility index (Phi) is 5.76. The van der Waals surface area contributed by atoms with E-state index in [0.29, 0.717) is 21.7 Å². The molecule has 4 heteroatoms. The van der Waals surface area contributed by atoms with Crippen molar-refractivity contribution in [1.29, 1.82) is 0 Å². The number of hydrogen-bond donors (Lipinski definition) is 1. The van der Waals surface area contributed by atoms with Gasteiger partial charge in [0.15, 0.2) is 0 Å². The average Bonchev–Trinajstić information content (AvgIpc) is 2.40. The van der Waals surface area contributed by atoms with Crippen molar-refractivity contribution in [3.05, 3.63) is 23.4 Å². The van der Waals surface area contributed by atoms with Crippen molar-refractivity contribution >= 4 is 23.4 Å². The smallest absolute Gasteiger partial charge is 0.0964 e. The van der Waals surface area contributed by atoms with Crippen molar-refractivity contribution in [2.45, 2.75) is 62.8 Å². The summed E-state index contributed by atoms with van der Waals surface area (Å²) in [5.74, 6) is 0. The SMILES string of the molecule is CCCNC1C(Sc2ccc(Cl)cn2)CCCC1(C)C. The highest BCUT2D eigenvalue weighted by atomic mass is 35.5. The van der Waals surface area contributed by atoms with Gasteiger partial charge in [-0.1, -0.05) is 38.8 Å². The number of rotatable bonds is 5. The van der Waals surface area contributed by atoms with Crippen molar-refractivity contribution in [3.63, 3.8) is 0 Å². The van der Waals surface area contributed by atoms with E-state index < -0.39 is 0 Å². The average molecular weight is 313 g/mol. The number of hydrogen-bond acceptors (Lipinski definition) is 3. The van der Waals surface area contributed by atoms with E-state index in [1.807, 2.05) is 23.9 Å². The van der Waals surface area contributed by atoms with Gasteiger partial charge in [-0.05, 0) is 43.4 Å². The molecule has 0 bridgehead atoms. The molecule has 1 saturated carbocycles. The highest BCUT2D eigenvalue weighted by molar-refractivity contribution is 7.99. The largest absolute Gasteiger partial charge is 0.312 e. The summed E-state index contributed by atoms with van der Waals surface area (Å²) in [4.78, 5) is 4.44. The van der Waals surface area contributed by atoms with Crippen molar-refractivity contribution in [3.8, 4) is 0 Å². The molecule has 1 aromatic heterocycles. The fraction of sp³-hybridized carbons (Fsp3) is 0.688. The molecule has 0 aliphatic heterocycles. The van der Waals surface area contributed by atoms with Crippen LogP contribution < -0.4 is 5.32 Å². The third-order valence-corrected chi connectivity index (χ3v) is 5.63. The fourth-order valence-corrected chi connectivity index (χ4v) is 4.57. The standard InChI is InChI=1S/C16H25ClN2S/c1-4-10-18-15-13(6-5-9-16(15,2)3)20-14-8-7-12(17)11-19-14/h7-8,11,13,15,18H,4-6,9-10H2,1-3H3. The second-order valence-electron chi connectivity index (χ2n) is 6.28. The number of thioether (sulfide) groups is 1. The maximum absolute atomic E-state index is 5.91. The lowest BCUT2D eigenvalue weighted by molar-refractivity contribution is 0.175. The molecule has 0 saturated heterocycles. The van der Waals surface area contributed by atoms with Gasteiger partial charge < -0.3 is 5.32 Å². The van der Waals surface area contributed by atoms with Crippen LogP contribution in [0.3, 0.4) is 0 Å². The van der Waals surface area contributed by atoms with E-state index in [4.69, 9.17) is 11.6 Å². The molecule has 1 aromatic rings. The molecule has 0 amide bonds. The molecular weight excluding hydrogens is 288 g/mol. The van der Waals surface area contributed by atoms with Crippen LogP contribution in [-0.2, 0) is 0 Å². The summed E-state index contributed by atoms with van der Waals surface area (Å²) in [6.45, 7) is 8.11. The second-order valence-corrected chi connectivity index (χ2v) is 7.98. The Labute approximate surface area is 132 Å². The summed E-state index contributed by atoms with van der Waals surface area (Å²) in [6, 6.07) is 4.52. The van der Waals surface area contributed by atoms with E-state index in [2.05, 4.69) is 31.1 Å². The summed E-state index contributed by atoms with van der Waals surface area (Å²) in [7, 11) is 0. The molecule has 1 N–H and O–H groups in total. The maximum Gasteiger partial charge on any atom is 0.0964 e. The normalized spacial score (nSPS) is 25.6. The lowest BCUT2D eigenvalue weighted by Crippen LogP contribution is -2.51. The van der Waals surface area contributed by atoms with E-state index >= 15 is 0 Å². The molecule has 2 nitrogen and oxygen atoms in total. The van der Waals surface area contributed by atoms with Crippen LogP contribution in [-0.4, -0.2) is 22.8 Å². The molecule has 0 radical (unpaired) electrons. The summed E-state index contributed by atoms with van der Waals surface area (Å²) < 4.78 is 0. The van der Waals surface area contributed by atoms with Crippen molar-refractivity contribution < 1.29 is 0 Å². The molecule has 20 heavy (non-hydrogen) atoms. The quantitative estimate of drug-likeness (QED) is 0.847. The Morgan fingerprint density at radius 2 is 2.25 bits per heavy atom. The van der Waals surface area contributed by atoms with Gasteiger partial charge in [-0.25, -0.2) is 4.98 Å². The van der Waals surface area contributed by atoms with Crippen LogP contribution in [0.4, 0.5) is 0 Å². The van der Waals surface area contributed by atoms with E-state index in [-0.39, 0.29) is 0 Å². The van der Waals surface area contributed by atoms with Gasteiger partial charge in [-0.2, -0.15) is 0 Å². The van der Waals surface area contributed by atoms with Gasteiger partial charge in [-0.15, -0.1) is 11.8 Å². The number of aromatic nitrogens is 1. The first-order chi connectivity index (χ1) is 9.53. The fourth-order valence-electron chi connectivity index (χ4n) is 3.01. The molecular formula is C16H25ClN2S. The zero-order chi connectivity index (χ0) is 14.6. The zero-order valence-corrected chi connectivity index (χ0v) is 14.2. The van der Waals surface area contributed by atoms with Gasteiger partial charge >= 0.3 is 0 Å². The first kappa shape index (κ1) is 16.1. The van der Waals surface area contributed by atoms with E-state index in [9.17, 15) is 0 Å². The number of pyridine rings is 1. The minimum absolute atomic E-state index is 0.359. The first-order valence-corrected chi connectivity index (χ1v) is 8.80. The molecule has 2 rings (SSSR count). The summed E-state index contributed by atoms with van der Waals surface area (Å²) in [6.07, 6.45) is 6.80. The summed E-state index contributed by atoms with van der Waals surface area (Å²) in [5.41, 5.74) is 0.359. The minimum Gasteiger partial charge on any atom is -0.312 e. The molecule has 0 aromatic carbocycles.